The first-order chi connectivity index (χ1) is 7.72. The van der Waals surface area contributed by atoms with Gasteiger partial charge in [-0.25, -0.2) is 4.39 Å². The molecule has 0 aromatic heterocycles. The van der Waals surface area contributed by atoms with Crippen molar-refractivity contribution >= 4 is 5.91 Å². The maximum Gasteiger partial charge on any atom is 0.253 e. The van der Waals surface area contributed by atoms with E-state index in [1.165, 1.54) is 6.07 Å². The number of amides is 1. The third kappa shape index (κ3) is 2.08. The maximum atomic E-state index is 13.3. The molecule has 0 radical (unpaired) electrons. The van der Waals surface area contributed by atoms with E-state index in [2.05, 4.69) is 0 Å². The number of benzene rings is 1. The van der Waals surface area contributed by atoms with Gasteiger partial charge in [0.25, 0.3) is 5.91 Å². The number of hydrogen-bond donors (Lipinski definition) is 0. The highest BCUT2D eigenvalue weighted by Crippen LogP contribution is 2.16. The van der Waals surface area contributed by atoms with Crippen molar-refractivity contribution in [1.29, 1.82) is 0 Å². The number of carbonyl (C=O) groups excluding carboxylic acids is 1. The monoisotopic (exact) mass is 221 g/mol. The number of halogens is 1. The molecule has 1 aliphatic rings. The van der Waals surface area contributed by atoms with Crippen LogP contribution in [0.5, 0.6) is 0 Å². The second-order valence-electron chi connectivity index (χ2n) is 4.16. The van der Waals surface area contributed by atoms with Crippen LogP contribution in [0.1, 0.15) is 35.7 Å². The summed E-state index contributed by atoms with van der Waals surface area (Å²) in [5.41, 5.74) is 1.23. The fraction of sp³-hybridized carbons (Fsp3) is 0.462. The summed E-state index contributed by atoms with van der Waals surface area (Å²) in [5, 5.41) is 0. The molecule has 0 spiro atoms. The van der Waals surface area contributed by atoms with Gasteiger partial charge in [0.05, 0.1) is 0 Å². The minimum atomic E-state index is -0.222. The Labute approximate surface area is 95.1 Å². The van der Waals surface area contributed by atoms with Crippen molar-refractivity contribution in [1.82, 2.24) is 4.90 Å². The minimum Gasteiger partial charge on any atom is -0.339 e. The maximum absolute atomic E-state index is 13.3. The molecule has 0 unspecified atom stereocenters. The van der Waals surface area contributed by atoms with E-state index in [1.54, 1.807) is 12.1 Å². The third-order valence-corrected chi connectivity index (χ3v) is 3.07. The van der Waals surface area contributed by atoms with Gasteiger partial charge in [-0.15, -0.1) is 0 Å². The van der Waals surface area contributed by atoms with Crippen molar-refractivity contribution in [2.24, 2.45) is 0 Å². The molecule has 1 heterocycles. The molecule has 1 aromatic rings. The van der Waals surface area contributed by atoms with Crippen molar-refractivity contribution in [2.75, 3.05) is 13.1 Å². The van der Waals surface area contributed by atoms with Gasteiger partial charge in [-0.2, -0.15) is 0 Å². The smallest absolute Gasteiger partial charge is 0.253 e. The lowest BCUT2D eigenvalue weighted by atomic mass is 10.1. The second-order valence-corrected chi connectivity index (χ2v) is 4.16. The lowest BCUT2D eigenvalue weighted by Crippen LogP contribution is -2.27. The first-order valence-electron chi connectivity index (χ1n) is 5.80. The van der Waals surface area contributed by atoms with Gasteiger partial charge in [0.15, 0.2) is 0 Å². The van der Waals surface area contributed by atoms with E-state index in [0.717, 1.165) is 25.9 Å². The molecule has 86 valence electrons. The van der Waals surface area contributed by atoms with Crippen LogP contribution in [0, 0.1) is 5.82 Å². The highest BCUT2D eigenvalue weighted by Gasteiger charge is 2.19. The lowest BCUT2D eigenvalue weighted by Gasteiger charge is -2.15. The van der Waals surface area contributed by atoms with Crippen LogP contribution in [-0.2, 0) is 6.42 Å². The second kappa shape index (κ2) is 4.64. The van der Waals surface area contributed by atoms with E-state index < -0.39 is 0 Å². The summed E-state index contributed by atoms with van der Waals surface area (Å²) in [7, 11) is 0. The number of carbonyl (C=O) groups is 1. The summed E-state index contributed by atoms with van der Waals surface area (Å²) < 4.78 is 13.3. The van der Waals surface area contributed by atoms with Gasteiger partial charge in [0.2, 0.25) is 0 Å². The summed E-state index contributed by atoms with van der Waals surface area (Å²) in [6.07, 6.45) is 2.77. The van der Waals surface area contributed by atoms with Crippen molar-refractivity contribution in [3.05, 3.63) is 35.1 Å². The minimum absolute atomic E-state index is 0.0344. The highest BCUT2D eigenvalue weighted by atomic mass is 19.1. The van der Waals surface area contributed by atoms with E-state index in [0.29, 0.717) is 17.5 Å². The zero-order chi connectivity index (χ0) is 11.5. The fourth-order valence-corrected chi connectivity index (χ4v) is 2.08. The molecule has 2 nitrogen and oxygen atoms in total. The summed E-state index contributed by atoms with van der Waals surface area (Å²) in [4.78, 5) is 13.9. The first-order valence-corrected chi connectivity index (χ1v) is 5.80. The topological polar surface area (TPSA) is 20.3 Å². The Bertz CT molecular complexity index is 397. The van der Waals surface area contributed by atoms with Crippen LogP contribution in [0.4, 0.5) is 4.39 Å². The van der Waals surface area contributed by atoms with Crippen LogP contribution in [0.25, 0.3) is 0 Å². The van der Waals surface area contributed by atoms with Crippen molar-refractivity contribution in [3.63, 3.8) is 0 Å². The normalized spacial score (nSPS) is 15.5. The van der Waals surface area contributed by atoms with Gasteiger partial charge < -0.3 is 4.90 Å². The van der Waals surface area contributed by atoms with Crippen LogP contribution in [0.3, 0.4) is 0 Å². The van der Waals surface area contributed by atoms with E-state index >= 15 is 0 Å². The summed E-state index contributed by atoms with van der Waals surface area (Å²) in [5.74, 6) is -0.187. The highest BCUT2D eigenvalue weighted by molar-refractivity contribution is 5.94. The van der Waals surface area contributed by atoms with E-state index in [-0.39, 0.29) is 11.7 Å². The zero-order valence-electron chi connectivity index (χ0n) is 9.50. The molecule has 1 saturated heterocycles. The number of nitrogens with zero attached hydrogens (tertiary/aromatic N) is 1. The first kappa shape index (κ1) is 11.1. The van der Waals surface area contributed by atoms with E-state index in [9.17, 15) is 9.18 Å². The SMILES string of the molecule is CCc1cc(C(=O)N2CCCC2)ccc1F. The Morgan fingerprint density at radius 1 is 1.38 bits per heavy atom. The van der Waals surface area contributed by atoms with Crippen molar-refractivity contribution in [3.8, 4) is 0 Å². The van der Waals surface area contributed by atoms with Crippen LogP contribution in [0.15, 0.2) is 18.2 Å². The number of rotatable bonds is 2. The molecule has 0 saturated carbocycles. The molecule has 0 atom stereocenters. The molecule has 1 aliphatic heterocycles. The van der Waals surface area contributed by atoms with Gasteiger partial charge in [0, 0.05) is 18.7 Å². The predicted molar refractivity (Wildman–Crippen MR) is 60.9 cm³/mol. The average Bonchev–Trinajstić information content (AvgIpc) is 2.82. The van der Waals surface area contributed by atoms with E-state index in [1.807, 2.05) is 11.8 Å². The molecule has 16 heavy (non-hydrogen) atoms. The molecule has 0 bridgehead atoms. The van der Waals surface area contributed by atoms with Gasteiger partial charge in [-0.05, 0) is 43.0 Å². The zero-order valence-corrected chi connectivity index (χ0v) is 9.50. The Hall–Kier alpha value is -1.38. The van der Waals surface area contributed by atoms with E-state index in [4.69, 9.17) is 0 Å². The molecular formula is C13H16FNO. The Morgan fingerprint density at radius 2 is 2.06 bits per heavy atom. The molecular weight excluding hydrogens is 205 g/mol. The number of aryl methyl sites for hydroxylation is 1. The quantitative estimate of drug-likeness (QED) is 0.751. The fourth-order valence-electron chi connectivity index (χ4n) is 2.08. The molecule has 0 N–H and O–H groups in total. The van der Waals surface area contributed by atoms with Crippen LogP contribution >= 0.6 is 0 Å². The number of hydrogen-bond acceptors (Lipinski definition) is 1. The predicted octanol–water partition coefficient (Wildman–Crippen LogP) is 2.62. The standard InChI is InChI=1S/C13H16FNO/c1-2-10-9-11(5-6-12(10)14)13(16)15-7-3-4-8-15/h5-6,9H,2-4,7-8H2,1H3. The van der Waals surface area contributed by atoms with Gasteiger partial charge in [0.1, 0.15) is 5.82 Å². The molecule has 0 aliphatic carbocycles. The van der Waals surface area contributed by atoms with Gasteiger partial charge in [-0.1, -0.05) is 6.92 Å². The third-order valence-electron chi connectivity index (χ3n) is 3.07. The van der Waals surface area contributed by atoms with Crippen molar-refractivity contribution in [2.45, 2.75) is 26.2 Å². The van der Waals surface area contributed by atoms with Crippen LogP contribution < -0.4 is 0 Å². The van der Waals surface area contributed by atoms with Gasteiger partial charge >= 0.3 is 0 Å². The Kier molecular flexibility index (Phi) is 3.22. The molecule has 2 rings (SSSR count). The van der Waals surface area contributed by atoms with Gasteiger partial charge in [-0.3, -0.25) is 4.79 Å². The molecule has 1 aromatic carbocycles. The molecule has 3 heteroatoms. The molecule has 1 amide bonds. The average molecular weight is 221 g/mol. The summed E-state index contributed by atoms with van der Waals surface area (Å²) in [6.45, 7) is 3.55. The summed E-state index contributed by atoms with van der Waals surface area (Å²) in [6, 6.07) is 4.65. The van der Waals surface area contributed by atoms with Crippen LogP contribution in [-0.4, -0.2) is 23.9 Å². The largest absolute Gasteiger partial charge is 0.339 e. The Morgan fingerprint density at radius 3 is 2.69 bits per heavy atom. The Balaban J connectivity index is 2.22. The summed E-state index contributed by atoms with van der Waals surface area (Å²) >= 11 is 0. The number of likely N-dealkylation sites (tertiary alicyclic amines) is 1. The van der Waals surface area contributed by atoms with Crippen LogP contribution in [0.2, 0.25) is 0 Å². The lowest BCUT2D eigenvalue weighted by molar-refractivity contribution is 0.0792. The molecule has 1 fully saturated rings. The van der Waals surface area contributed by atoms with Crippen molar-refractivity contribution < 1.29 is 9.18 Å².